The molecule has 0 saturated heterocycles. The highest BCUT2D eigenvalue weighted by Crippen LogP contribution is 2.48. The molecule has 1 unspecified atom stereocenters. The van der Waals surface area contributed by atoms with E-state index in [4.69, 9.17) is 9.15 Å². The van der Waals surface area contributed by atoms with Crippen molar-refractivity contribution in [3.8, 4) is 0 Å². The molecule has 1 amide bonds. The Hall–Kier alpha value is -2.23. The lowest BCUT2D eigenvalue weighted by Crippen LogP contribution is -2.42. The predicted octanol–water partition coefficient (Wildman–Crippen LogP) is 4.28. The van der Waals surface area contributed by atoms with Crippen molar-refractivity contribution in [1.82, 2.24) is 0 Å². The lowest BCUT2D eigenvalue weighted by molar-refractivity contribution is -0.00148. The first-order valence-corrected chi connectivity index (χ1v) is 7.41. The molecule has 1 saturated carbocycles. The van der Waals surface area contributed by atoms with Crippen molar-refractivity contribution in [2.75, 3.05) is 5.32 Å². The molecule has 0 radical (unpaired) electrons. The van der Waals surface area contributed by atoms with Crippen molar-refractivity contribution in [3.63, 3.8) is 0 Å². The molecule has 0 spiro atoms. The van der Waals surface area contributed by atoms with E-state index in [-0.39, 0.29) is 0 Å². The summed E-state index contributed by atoms with van der Waals surface area (Å²) in [4.78, 5) is 12.0. The Morgan fingerprint density at radius 1 is 1.19 bits per heavy atom. The number of nitrogens with one attached hydrogen (secondary N) is 1. The highest BCUT2D eigenvalue weighted by Gasteiger charge is 2.48. The maximum Gasteiger partial charge on any atom is 0.412 e. The second-order valence-electron chi connectivity index (χ2n) is 5.87. The molecule has 4 heteroatoms. The number of furan rings is 1. The number of rotatable bonds is 3. The van der Waals surface area contributed by atoms with Gasteiger partial charge in [-0.2, -0.15) is 0 Å². The third kappa shape index (κ3) is 1.94. The van der Waals surface area contributed by atoms with E-state index in [1.165, 1.54) is 19.3 Å². The maximum absolute atomic E-state index is 12.0. The molecule has 2 heterocycles. The van der Waals surface area contributed by atoms with Crippen LogP contribution in [-0.2, 0) is 10.3 Å². The highest BCUT2D eigenvalue weighted by atomic mass is 16.6. The normalized spacial score (nSPS) is 24.7. The van der Waals surface area contributed by atoms with E-state index >= 15 is 0 Å². The van der Waals surface area contributed by atoms with Crippen LogP contribution in [0.4, 0.5) is 10.5 Å². The number of fused-ring (bicyclic) bond motifs is 1. The van der Waals surface area contributed by atoms with Gasteiger partial charge < -0.3 is 9.15 Å². The van der Waals surface area contributed by atoms with E-state index in [1.54, 1.807) is 6.26 Å². The van der Waals surface area contributed by atoms with Crippen LogP contribution in [0, 0.1) is 5.92 Å². The second kappa shape index (κ2) is 4.65. The fourth-order valence-electron chi connectivity index (χ4n) is 3.34. The molecule has 1 atom stereocenters. The first-order chi connectivity index (χ1) is 10.3. The average Bonchev–Trinajstić information content (AvgIpc) is 2.97. The number of benzene rings is 1. The topological polar surface area (TPSA) is 51.5 Å². The molecular weight excluding hydrogens is 266 g/mol. The summed E-state index contributed by atoms with van der Waals surface area (Å²) in [7, 11) is 0. The number of hydrogen-bond donors (Lipinski definition) is 1. The molecule has 1 N–H and O–H groups in total. The Bertz CT molecular complexity index is 660. The summed E-state index contributed by atoms with van der Waals surface area (Å²) in [5, 5.41) is 2.78. The van der Waals surface area contributed by atoms with Gasteiger partial charge in [0.15, 0.2) is 11.4 Å². The van der Waals surface area contributed by atoms with Crippen LogP contribution in [0.1, 0.15) is 37.0 Å². The third-order valence-corrected chi connectivity index (χ3v) is 4.59. The largest absolute Gasteiger partial charge is 0.465 e. The van der Waals surface area contributed by atoms with Crippen LogP contribution in [-0.4, -0.2) is 6.09 Å². The Balaban J connectivity index is 1.87. The number of anilines is 1. The maximum atomic E-state index is 12.0. The Morgan fingerprint density at radius 2 is 2.05 bits per heavy atom. The fourth-order valence-corrected chi connectivity index (χ4v) is 3.34. The summed E-state index contributed by atoms with van der Waals surface area (Å²) in [6, 6.07) is 11.5. The molecule has 1 aliphatic heterocycles. The van der Waals surface area contributed by atoms with E-state index in [0.29, 0.717) is 11.7 Å². The summed E-state index contributed by atoms with van der Waals surface area (Å²) in [6.45, 7) is 0. The van der Waals surface area contributed by atoms with E-state index < -0.39 is 11.7 Å². The van der Waals surface area contributed by atoms with E-state index in [2.05, 4.69) is 5.32 Å². The molecule has 4 rings (SSSR count). The minimum atomic E-state index is -0.798. The van der Waals surface area contributed by atoms with Gasteiger partial charge in [-0.05, 0) is 24.1 Å². The zero-order chi connectivity index (χ0) is 14.3. The minimum Gasteiger partial charge on any atom is -0.465 e. The fraction of sp³-hybridized carbons (Fsp3) is 0.353. The summed E-state index contributed by atoms with van der Waals surface area (Å²) in [6.07, 6.45) is 5.64. The van der Waals surface area contributed by atoms with Crippen LogP contribution in [0.25, 0.3) is 0 Å². The second-order valence-corrected chi connectivity index (χ2v) is 5.87. The molecular formula is C17H17NO3. The number of carbonyl (C=O) groups excluding carboxylic acids is 1. The average molecular weight is 283 g/mol. The molecule has 1 fully saturated rings. The van der Waals surface area contributed by atoms with Crippen LogP contribution in [0.3, 0.4) is 0 Å². The van der Waals surface area contributed by atoms with Gasteiger partial charge in [0.25, 0.3) is 0 Å². The molecule has 1 aliphatic carbocycles. The van der Waals surface area contributed by atoms with Gasteiger partial charge in [0.05, 0.1) is 12.0 Å². The van der Waals surface area contributed by atoms with E-state index in [1.807, 2.05) is 36.4 Å². The summed E-state index contributed by atoms with van der Waals surface area (Å²) in [5.74, 6) is 1.28. The monoisotopic (exact) mass is 283 g/mol. The van der Waals surface area contributed by atoms with Crippen molar-refractivity contribution in [2.24, 2.45) is 5.92 Å². The highest BCUT2D eigenvalue weighted by molar-refractivity contribution is 5.89. The van der Waals surface area contributed by atoms with Gasteiger partial charge in [-0.3, -0.25) is 5.32 Å². The van der Waals surface area contributed by atoms with Gasteiger partial charge in [0, 0.05) is 12.0 Å². The molecule has 4 nitrogen and oxygen atoms in total. The Morgan fingerprint density at radius 3 is 2.76 bits per heavy atom. The third-order valence-electron chi connectivity index (χ3n) is 4.59. The SMILES string of the molecule is O=C1Nc2ccccc2C(CC2CCC2)(c2ccco2)O1. The molecule has 21 heavy (non-hydrogen) atoms. The van der Waals surface area contributed by atoms with Gasteiger partial charge >= 0.3 is 6.09 Å². The zero-order valence-corrected chi connectivity index (χ0v) is 11.7. The van der Waals surface area contributed by atoms with Crippen LogP contribution < -0.4 is 5.32 Å². The summed E-state index contributed by atoms with van der Waals surface area (Å²) in [5.41, 5.74) is 0.990. The van der Waals surface area contributed by atoms with Crippen molar-refractivity contribution < 1.29 is 13.9 Å². The quantitative estimate of drug-likeness (QED) is 0.914. The number of ether oxygens (including phenoxy) is 1. The van der Waals surface area contributed by atoms with E-state index in [9.17, 15) is 4.79 Å². The Labute approximate surface area is 123 Å². The lowest BCUT2D eigenvalue weighted by Gasteiger charge is -2.41. The number of carbonyl (C=O) groups is 1. The molecule has 2 aliphatic rings. The van der Waals surface area contributed by atoms with E-state index in [0.717, 1.165) is 17.7 Å². The van der Waals surface area contributed by atoms with Crippen molar-refractivity contribution in [3.05, 3.63) is 54.0 Å². The molecule has 1 aromatic carbocycles. The van der Waals surface area contributed by atoms with Crippen LogP contribution in [0.2, 0.25) is 0 Å². The molecule has 1 aromatic heterocycles. The number of cyclic esters (lactones) is 1. The number of para-hydroxylation sites is 1. The lowest BCUT2D eigenvalue weighted by atomic mass is 9.73. The van der Waals surface area contributed by atoms with Crippen LogP contribution >= 0.6 is 0 Å². The molecule has 0 bridgehead atoms. The first kappa shape index (κ1) is 12.5. The number of hydrogen-bond acceptors (Lipinski definition) is 3. The molecule has 108 valence electrons. The van der Waals surface area contributed by atoms with Gasteiger partial charge in [-0.1, -0.05) is 37.5 Å². The predicted molar refractivity (Wildman–Crippen MR) is 78.0 cm³/mol. The van der Waals surface area contributed by atoms with Gasteiger partial charge in [0.2, 0.25) is 0 Å². The van der Waals surface area contributed by atoms with Crippen molar-refractivity contribution in [2.45, 2.75) is 31.3 Å². The van der Waals surface area contributed by atoms with Gasteiger partial charge in [-0.25, -0.2) is 4.79 Å². The van der Waals surface area contributed by atoms with Gasteiger partial charge in [-0.15, -0.1) is 0 Å². The van der Waals surface area contributed by atoms with Crippen molar-refractivity contribution in [1.29, 1.82) is 0 Å². The summed E-state index contributed by atoms with van der Waals surface area (Å²) < 4.78 is 11.5. The first-order valence-electron chi connectivity index (χ1n) is 7.41. The zero-order valence-electron chi connectivity index (χ0n) is 11.7. The Kier molecular flexibility index (Phi) is 2.77. The summed E-state index contributed by atoms with van der Waals surface area (Å²) >= 11 is 0. The van der Waals surface area contributed by atoms with Crippen LogP contribution in [0.5, 0.6) is 0 Å². The standard InChI is InChI=1S/C17H17NO3/c19-16-18-14-8-2-1-7-13(14)17(21-16,11-12-5-3-6-12)15-9-4-10-20-15/h1-2,4,7-10,12H,3,5-6,11H2,(H,18,19). The number of amides is 1. The minimum absolute atomic E-state index is 0.413. The smallest absolute Gasteiger partial charge is 0.412 e. The van der Waals surface area contributed by atoms with Gasteiger partial charge in [0.1, 0.15) is 0 Å². The van der Waals surface area contributed by atoms with Crippen molar-refractivity contribution >= 4 is 11.8 Å². The van der Waals surface area contributed by atoms with Crippen LogP contribution in [0.15, 0.2) is 47.1 Å². The molecule has 2 aromatic rings.